The minimum atomic E-state index is -0.679. The fraction of sp³-hybridized carbons (Fsp3) is 0.250. The van der Waals surface area contributed by atoms with Gasteiger partial charge in [0.15, 0.2) is 0 Å². The van der Waals surface area contributed by atoms with E-state index in [1.807, 2.05) is 6.07 Å². The van der Waals surface area contributed by atoms with Crippen molar-refractivity contribution in [2.24, 2.45) is 0 Å². The van der Waals surface area contributed by atoms with Gasteiger partial charge in [0.2, 0.25) is 0 Å². The molecule has 0 fully saturated rings. The lowest BCUT2D eigenvalue weighted by atomic mass is 9.98. The van der Waals surface area contributed by atoms with Gasteiger partial charge in [-0.05, 0) is 59.7 Å². The Morgan fingerprint density at radius 2 is 1.53 bits per heavy atom. The van der Waals surface area contributed by atoms with Crippen molar-refractivity contribution < 1.29 is 5.11 Å². The second kappa shape index (κ2) is 5.16. The lowest BCUT2D eigenvalue weighted by Gasteiger charge is -2.14. The number of benzene rings is 2. The van der Waals surface area contributed by atoms with Crippen LogP contribution in [0.2, 0.25) is 10.0 Å². The van der Waals surface area contributed by atoms with Crippen LogP contribution in [-0.2, 0) is 12.8 Å². The predicted octanol–water partition coefficient (Wildman–Crippen LogP) is 4.56. The van der Waals surface area contributed by atoms with Gasteiger partial charge in [0.25, 0.3) is 0 Å². The van der Waals surface area contributed by atoms with Crippen molar-refractivity contribution in [3.05, 3.63) is 68.7 Å². The summed E-state index contributed by atoms with van der Waals surface area (Å²) in [5.74, 6) is 0. The normalized spacial score (nSPS) is 15.3. The van der Waals surface area contributed by atoms with E-state index >= 15 is 0 Å². The standard InChI is InChI=1S/C16H14Cl2O/c17-14-7-13(8-15(18)9-14)16(19)12-5-4-10-2-1-3-11(10)6-12/h4-9,16,19H,1-3H2. The van der Waals surface area contributed by atoms with Crippen LogP contribution in [0.4, 0.5) is 0 Å². The molecule has 0 spiro atoms. The molecule has 98 valence electrons. The van der Waals surface area contributed by atoms with E-state index in [2.05, 4.69) is 12.1 Å². The Labute approximate surface area is 122 Å². The molecule has 2 aromatic rings. The van der Waals surface area contributed by atoms with Crippen LogP contribution >= 0.6 is 23.2 Å². The Kier molecular flexibility index (Phi) is 3.53. The monoisotopic (exact) mass is 292 g/mol. The fourth-order valence-corrected chi connectivity index (χ4v) is 3.23. The molecule has 0 saturated carbocycles. The smallest absolute Gasteiger partial charge is 0.104 e. The highest BCUT2D eigenvalue weighted by atomic mass is 35.5. The van der Waals surface area contributed by atoms with Crippen LogP contribution in [0.1, 0.15) is 34.8 Å². The van der Waals surface area contributed by atoms with Gasteiger partial charge in [0.1, 0.15) is 6.10 Å². The van der Waals surface area contributed by atoms with E-state index in [0.29, 0.717) is 10.0 Å². The summed E-state index contributed by atoms with van der Waals surface area (Å²) < 4.78 is 0. The van der Waals surface area contributed by atoms with Crippen LogP contribution in [0.5, 0.6) is 0 Å². The first kappa shape index (κ1) is 13.0. The van der Waals surface area contributed by atoms with E-state index < -0.39 is 6.10 Å². The summed E-state index contributed by atoms with van der Waals surface area (Å²) in [4.78, 5) is 0. The first-order chi connectivity index (χ1) is 9.13. The molecule has 1 aliphatic rings. The van der Waals surface area contributed by atoms with E-state index in [1.165, 1.54) is 17.5 Å². The molecule has 0 saturated heterocycles. The van der Waals surface area contributed by atoms with Crippen LogP contribution in [0.3, 0.4) is 0 Å². The Morgan fingerprint density at radius 1 is 0.842 bits per heavy atom. The van der Waals surface area contributed by atoms with E-state index in [-0.39, 0.29) is 0 Å². The average Bonchev–Trinajstić information content (AvgIpc) is 2.83. The first-order valence-corrected chi connectivity index (χ1v) is 7.15. The highest BCUT2D eigenvalue weighted by Crippen LogP contribution is 2.30. The van der Waals surface area contributed by atoms with E-state index in [0.717, 1.165) is 24.0 Å². The molecule has 0 amide bonds. The summed E-state index contributed by atoms with van der Waals surface area (Å²) in [7, 11) is 0. The quantitative estimate of drug-likeness (QED) is 0.860. The number of aryl methyl sites for hydroxylation is 2. The number of fused-ring (bicyclic) bond motifs is 1. The third-order valence-electron chi connectivity index (χ3n) is 3.64. The molecule has 1 atom stereocenters. The molecule has 0 heterocycles. The first-order valence-electron chi connectivity index (χ1n) is 6.39. The average molecular weight is 293 g/mol. The zero-order valence-corrected chi connectivity index (χ0v) is 11.9. The van der Waals surface area contributed by atoms with Gasteiger partial charge >= 0.3 is 0 Å². The van der Waals surface area contributed by atoms with Gasteiger partial charge in [-0.2, -0.15) is 0 Å². The van der Waals surface area contributed by atoms with Crippen molar-refractivity contribution in [2.45, 2.75) is 25.4 Å². The summed E-state index contributed by atoms with van der Waals surface area (Å²) in [6, 6.07) is 11.4. The Bertz CT molecular complexity index is 602. The highest BCUT2D eigenvalue weighted by Gasteiger charge is 2.16. The zero-order chi connectivity index (χ0) is 13.4. The molecule has 1 aliphatic carbocycles. The molecule has 3 rings (SSSR count). The second-order valence-electron chi connectivity index (χ2n) is 4.99. The lowest BCUT2D eigenvalue weighted by Crippen LogP contribution is -2.01. The van der Waals surface area contributed by atoms with Crippen molar-refractivity contribution in [2.75, 3.05) is 0 Å². The molecule has 0 aromatic heterocycles. The number of rotatable bonds is 2. The van der Waals surface area contributed by atoms with Crippen molar-refractivity contribution in [3.63, 3.8) is 0 Å². The van der Waals surface area contributed by atoms with Crippen molar-refractivity contribution >= 4 is 23.2 Å². The molecule has 3 heteroatoms. The number of aliphatic hydroxyl groups excluding tert-OH is 1. The number of halogens is 2. The van der Waals surface area contributed by atoms with Gasteiger partial charge in [-0.1, -0.05) is 41.4 Å². The molecule has 0 bridgehead atoms. The third kappa shape index (κ3) is 2.64. The van der Waals surface area contributed by atoms with Gasteiger partial charge in [0.05, 0.1) is 0 Å². The molecular weight excluding hydrogens is 279 g/mol. The minimum Gasteiger partial charge on any atom is -0.384 e. The number of hydrogen-bond donors (Lipinski definition) is 1. The summed E-state index contributed by atoms with van der Waals surface area (Å²) in [5, 5.41) is 11.5. The van der Waals surface area contributed by atoms with Gasteiger partial charge in [-0.25, -0.2) is 0 Å². The fourth-order valence-electron chi connectivity index (χ4n) is 2.69. The molecule has 1 N–H and O–H groups in total. The maximum atomic E-state index is 10.5. The van der Waals surface area contributed by atoms with E-state index in [1.54, 1.807) is 18.2 Å². The maximum absolute atomic E-state index is 10.5. The Morgan fingerprint density at radius 3 is 2.26 bits per heavy atom. The summed E-state index contributed by atoms with van der Waals surface area (Å²) in [5.41, 5.74) is 4.39. The predicted molar refractivity (Wildman–Crippen MR) is 79.0 cm³/mol. The van der Waals surface area contributed by atoms with Crippen LogP contribution < -0.4 is 0 Å². The third-order valence-corrected chi connectivity index (χ3v) is 4.08. The van der Waals surface area contributed by atoms with Gasteiger partial charge < -0.3 is 5.11 Å². The SMILES string of the molecule is OC(c1cc(Cl)cc(Cl)c1)c1ccc2c(c1)CCC2. The summed E-state index contributed by atoms with van der Waals surface area (Å²) in [6.45, 7) is 0. The van der Waals surface area contributed by atoms with E-state index in [9.17, 15) is 5.11 Å². The molecule has 2 aromatic carbocycles. The van der Waals surface area contributed by atoms with Crippen LogP contribution in [0.25, 0.3) is 0 Å². The summed E-state index contributed by atoms with van der Waals surface area (Å²) >= 11 is 12.0. The molecular formula is C16H14Cl2O. The molecule has 19 heavy (non-hydrogen) atoms. The van der Waals surface area contributed by atoms with E-state index in [4.69, 9.17) is 23.2 Å². The number of aliphatic hydroxyl groups is 1. The topological polar surface area (TPSA) is 20.2 Å². The molecule has 1 nitrogen and oxygen atoms in total. The molecule has 0 radical (unpaired) electrons. The zero-order valence-electron chi connectivity index (χ0n) is 10.4. The lowest BCUT2D eigenvalue weighted by molar-refractivity contribution is 0.220. The van der Waals surface area contributed by atoms with Gasteiger partial charge in [0, 0.05) is 10.0 Å². The molecule has 0 aliphatic heterocycles. The summed E-state index contributed by atoms with van der Waals surface area (Å²) in [6.07, 6.45) is 2.78. The van der Waals surface area contributed by atoms with Crippen LogP contribution in [0.15, 0.2) is 36.4 Å². The minimum absolute atomic E-state index is 0.544. The van der Waals surface area contributed by atoms with Crippen molar-refractivity contribution in [1.29, 1.82) is 0 Å². The highest BCUT2D eigenvalue weighted by molar-refractivity contribution is 6.34. The van der Waals surface area contributed by atoms with Crippen molar-refractivity contribution in [1.82, 2.24) is 0 Å². The van der Waals surface area contributed by atoms with Gasteiger partial charge in [-0.15, -0.1) is 0 Å². The second-order valence-corrected chi connectivity index (χ2v) is 5.86. The van der Waals surface area contributed by atoms with Gasteiger partial charge in [-0.3, -0.25) is 0 Å². The largest absolute Gasteiger partial charge is 0.384 e. The molecule has 1 unspecified atom stereocenters. The maximum Gasteiger partial charge on any atom is 0.104 e. The van der Waals surface area contributed by atoms with Crippen molar-refractivity contribution in [3.8, 4) is 0 Å². The Balaban J connectivity index is 1.97. The van der Waals surface area contributed by atoms with Crippen LogP contribution in [-0.4, -0.2) is 5.11 Å². The Hall–Kier alpha value is -1.02. The number of hydrogen-bond acceptors (Lipinski definition) is 1. The van der Waals surface area contributed by atoms with Crippen LogP contribution in [0, 0.1) is 0 Å².